The van der Waals surface area contributed by atoms with Crippen LogP contribution in [0.15, 0.2) is 83.3 Å². The Balaban J connectivity index is 1.80. The molecule has 4 rings (SSSR count). The van der Waals surface area contributed by atoms with Crippen molar-refractivity contribution in [1.82, 2.24) is 10.3 Å². The first kappa shape index (κ1) is 24.6. The van der Waals surface area contributed by atoms with Crippen LogP contribution in [0.25, 0.3) is 22.2 Å². The van der Waals surface area contributed by atoms with E-state index < -0.39 is 5.41 Å². The minimum absolute atomic E-state index is 0.108. The molecule has 6 heteroatoms. The number of halogens is 1. The largest absolute Gasteiger partial charge is 0.468 e. The summed E-state index contributed by atoms with van der Waals surface area (Å²) in [7, 11) is 1.38. The second-order valence-corrected chi connectivity index (χ2v) is 9.38. The van der Waals surface area contributed by atoms with Crippen molar-refractivity contribution in [2.45, 2.75) is 25.7 Å². The van der Waals surface area contributed by atoms with Gasteiger partial charge in [0.1, 0.15) is 5.41 Å². The number of amides is 1. The van der Waals surface area contributed by atoms with Crippen molar-refractivity contribution in [2.75, 3.05) is 13.7 Å². The molecule has 0 spiro atoms. The van der Waals surface area contributed by atoms with Crippen LogP contribution < -0.4 is 5.32 Å². The predicted molar refractivity (Wildman–Crippen MR) is 142 cm³/mol. The Labute approximate surface area is 213 Å². The lowest BCUT2D eigenvalue weighted by molar-refractivity contribution is -0.147. The van der Waals surface area contributed by atoms with Crippen LogP contribution in [0.4, 0.5) is 0 Å². The van der Waals surface area contributed by atoms with E-state index in [1.54, 1.807) is 0 Å². The van der Waals surface area contributed by atoms with E-state index in [0.717, 1.165) is 37.8 Å². The summed E-state index contributed by atoms with van der Waals surface area (Å²) in [5, 5.41) is 3.80. The van der Waals surface area contributed by atoms with Crippen LogP contribution in [0.1, 0.15) is 34.8 Å². The van der Waals surface area contributed by atoms with Crippen molar-refractivity contribution in [3.63, 3.8) is 0 Å². The van der Waals surface area contributed by atoms with Gasteiger partial charge in [-0.2, -0.15) is 0 Å². The Kier molecular flexibility index (Phi) is 7.31. The SMILES string of the molecule is CCC(CNC(=O)c1c(C)c(-c2ccccc2)nc2ccc(Br)cc12)(C(=O)OC)c1ccccc1. The lowest BCUT2D eigenvalue weighted by atomic mass is 9.77. The maximum atomic E-state index is 13.8. The fourth-order valence-corrected chi connectivity index (χ4v) is 4.90. The summed E-state index contributed by atoms with van der Waals surface area (Å²) >= 11 is 3.52. The third kappa shape index (κ3) is 4.71. The molecular formula is C29H27BrN2O3. The number of nitrogens with zero attached hydrogens (tertiary/aromatic N) is 1. The van der Waals surface area contributed by atoms with Gasteiger partial charge in [0, 0.05) is 22.0 Å². The summed E-state index contributed by atoms with van der Waals surface area (Å²) in [6.07, 6.45) is 0.473. The standard InChI is InChI=1S/C29H27BrN2O3/c1-4-29(28(34)35-3,21-13-9-6-10-14-21)18-31-27(33)25-19(2)26(20-11-7-5-8-12-20)32-24-16-15-22(30)17-23(24)25/h5-17H,4,18H2,1-3H3,(H,31,33). The molecule has 0 aliphatic carbocycles. The summed E-state index contributed by atoms with van der Waals surface area (Å²) < 4.78 is 6.04. The van der Waals surface area contributed by atoms with E-state index in [-0.39, 0.29) is 18.4 Å². The van der Waals surface area contributed by atoms with Crippen LogP contribution in [-0.2, 0) is 14.9 Å². The first-order valence-electron chi connectivity index (χ1n) is 11.5. The van der Waals surface area contributed by atoms with Crippen molar-refractivity contribution in [1.29, 1.82) is 0 Å². The molecule has 0 saturated carbocycles. The van der Waals surface area contributed by atoms with E-state index in [1.165, 1.54) is 7.11 Å². The number of methoxy groups -OCH3 is 1. The van der Waals surface area contributed by atoms with Gasteiger partial charge in [0.2, 0.25) is 0 Å². The van der Waals surface area contributed by atoms with Gasteiger partial charge in [0.15, 0.2) is 0 Å². The van der Waals surface area contributed by atoms with E-state index in [0.29, 0.717) is 12.0 Å². The van der Waals surface area contributed by atoms with Gasteiger partial charge in [0.05, 0.1) is 23.9 Å². The topological polar surface area (TPSA) is 68.3 Å². The van der Waals surface area contributed by atoms with Gasteiger partial charge < -0.3 is 10.1 Å². The highest BCUT2D eigenvalue weighted by molar-refractivity contribution is 9.10. The van der Waals surface area contributed by atoms with Crippen LogP contribution >= 0.6 is 15.9 Å². The van der Waals surface area contributed by atoms with Crippen molar-refractivity contribution >= 4 is 38.7 Å². The number of hydrogen-bond acceptors (Lipinski definition) is 4. The number of fused-ring (bicyclic) bond motifs is 1. The molecule has 5 nitrogen and oxygen atoms in total. The third-order valence-electron chi connectivity index (χ3n) is 6.52. The number of aromatic nitrogens is 1. The van der Waals surface area contributed by atoms with Crippen molar-refractivity contribution in [3.05, 3.63) is 100 Å². The number of carbonyl (C=O) groups is 2. The fourth-order valence-electron chi connectivity index (χ4n) is 4.54. The maximum absolute atomic E-state index is 13.8. The first-order chi connectivity index (χ1) is 16.9. The summed E-state index contributed by atoms with van der Waals surface area (Å²) in [5.74, 6) is -0.640. The molecule has 0 saturated heterocycles. The summed E-state index contributed by atoms with van der Waals surface area (Å²) in [6, 6.07) is 25.0. The third-order valence-corrected chi connectivity index (χ3v) is 7.01. The fraction of sp³-hybridized carbons (Fsp3) is 0.207. The van der Waals surface area contributed by atoms with E-state index in [9.17, 15) is 9.59 Å². The molecule has 1 aromatic heterocycles. The molecule has 0 radical (unpaired) electrons. The lowest BCUT2D eigenvalue weighted by Gasteiger charge is -2.31. The Morgan fingerprint density at radius 3 is 2.29 bits per heavy atom. The minimum Gasteiger partial charge on any atom is -0.468 e. The molecule has 0 fully saturated rings. The monoisotopic (exact) mass is 530 g/mol. The first-order valence-corrected chi connectivity index (χ1v) is 12.3. The molecule has 35 heavy (non-hydrogen) atoms. The van der Waals surface area contributed by atoms with Crippen molar-refractivity contribution in [2.24, 2.45) is 0 Å². The molecule has 0 bridgehead atoms. The quantitative estimate of drug-likeness (QED) is 0.288. The molecule has 1 unspecified atom stereocenters. The van der Waals surface area contributed by atoms with E-state index >= 15 is 0 Å². The zero-order chi connectivity index (χ0) is 25.0. The molecular weight excluding hydrogens is 504 g/mol. The highest BCUT2D eigenvalue weighted by Gasteiger charge is 2.40. The van der Waals surface area contributed by atoms with Crippen LogP contribution in [0.5, 0.6) is 0 Å². The number of nitrogens with one attached hydrogen (secondary N) is 1. The zero-order valence-corrected chi connectivity index (χ0v) is 21.6. The van der Waals surface area contributed by atoms with Crippen LogP contribution in [-0.4, -0.2) is 30.5 Å². The molecule has 1 amide bonds. The van der Waals surface area contributed by atoms with Crippen molar-refractivity contribution < 1.29 is 14.3 Å². The van der Waals surface area contributed by atoms with Crippen LogP contribution in [0, 0.1) is 6.92 Å². The summed E-state index contributed by atoms with van der Waals surface area (Å²) in [6.45, 7) is 3.94. The van der Waals surface area contributed by atoms with E-state index in [4.69, 9.17) is 9.72 Å². The Hall–Kier alpha value is -3.51. The molecule has 1 atom stereocenters. The molecule has 1 heterocycles. The smallest absolute Gasteiger partial charge is 0.318 e. The van der Waals surface area contributed by atoms with Gasteiger partial charge in [-0.15, -0.1) is 0 Å². The number of carbonyl (C=O) groups excluding carboxylic acids is 2. The Morgan fingerprint density at radius 1 is 1.00 bits per heavy atom. The molecule has 1 N–H and O–H groups in total. The number of ether oxygens (including phenoxy) is 1. The molecule has 0 aliphatic rings. The van der Waals surface area contributed by atoms with Gasteiger partial charge in [0.25, 0.3) is 5.91 Å². The number of hydrogen-bond donors (Lipinski definition) is 1. The molecule has 178 valence electrons. The van der Waals surface area contributed by atoms with Gasteiger partial charge in [-0.1, -0.05) is 83.5 Å². The summed E-state index contributed by atoms with van der Waals surface area (Å²) in [5.41, 5.74) is 3.54. The number of rotatable bonds is 7. The van der Waals surface area contributed by atoms with Gasteiger partial charge in [-0.25, -0.2) is 4.98 Å². The number of pyridine rings is 1. The molecule has 0 aliphatic heterocycles. The number of esters is 1. The maximum Gasteiger partial charge on any atom is 0.318 e. The van der Waals surface area contributed by atoms with Gasteiger partial charge in [-0.3, -0.25) is 9.59 Å². The van der Waals surface area contributed by atoms with Crippen molar-refractivity contribution in [3.8, 4) is 11.3 Å². The second kappa shape index (κ2) is 10.4. The zero-order valence-electron chi connectivity index (χ0n) is 20.0. The van der Waals surface area contributed by atoms with Crippen LogP contribution in [0.3, 0.4) is 0 Å². The van der Waals surface area contributed by atoms with Gasteiger partial charge >= 0.3 is 5.97 Å². The van der Waals surface area contributed by atoms with Crippen LogP contribution in [0.2, 0.25) is 0 Å². The van der Waals surface area contributed by atoms with E-state index in [1.807, 2.05) is 92.7 Å². The lowest BCUT2D eigenvalue weighted by Crippen LogP contribution is -2.47. The Morgan fingerprint density at radius 2 is 1.66 bits per heavy atom. The predicted octanol–water partition coefficient (Wildman–Crippen LogP) is 6.22. The average molecular weight is 531 g/mol. The van der Waals surface area contributed by atoms with Gasteiger partial charge in [-0.05, 0) is 42.7 Å². The highest BCUT2D eigenvalue weighted by atomic mass is 79.9. The average Bonchev–Trinajstić information content (AvgIpc) is 2.89. The Bertz CT molecular complexity index is 1370. The minimum atomic E-state index is -0.995. The molecule has 4 aromatic rings. The second-order valence-electron chi connectivity index (χ2n) is 8.46. The number of benzene rings is 3. The summed E-state index contributed by atoms with van der Waals surface area (Å²) in [4.78, 5) is 31.6. The highest BCUT2D eigenvalue weighted by Crippen LogP contribution is 2.33. The normalized spacial score (nSPS) is 12.7. The van der Waals surface area contributed by atoms with E-state index in [2.05, 4.69) is 21.2 Å². The molecule has 3 aromatic carbocycles.